The molecule has 13 heavy (non-hydrogen) atoms. The van der Waals surface area contributed by atoms with Crippen LogP contribution in [0.25, 0.3) is 0 Å². The lowest BCUT2D eigenvalue weighted by atomic mass is 10.6. The Morgan fingerprint density at radius 3 is 1.77 bits per heavy atom. The van der Waals surface area contributed by atoms with Crippen molar-refractivity contribution >= 4 is 12.5 Å². The van der Waals surface area contributed by atoms with Crippen molar-refractivity contribution in [1.82, 2.24) is 5.32 Å². The number of nitrogens with two attached hydrogens (primary N) is 2. The van der Waals surface area contributed by atoms with E-state index >= 15 is 0 Å². The highest BCUT2D eigenvalue weighted by atomic mass is 32.1. The lowest BCUT2D eigenvalue weighted by Crippen LogP contribution is -2.11. The van der Waals surface area contributed by atoms with Gasteiger partial charge in [-0.1, -0.05) is 19.7 Å². The van der Waals surface area contributed by atoms with Gasteiger partial charge >= 0.3 is 0 Å². The smallest absolute Gasteiger partial charge is 0.158 e. The van der Waals surface area contributed by atoms with Crippen molar-refractivity contribution in [2.45, 2.75) is 13.8 Å². The van der Waals surface area contributed by atoms with Gasteiger partial charge in [0.05, 0.1) is 5.82 Å². The lowest BCUT2D eigenvalue weighted by Gasteiger charge is -1.88. The molecular formula is C9H21N3S. The van der Waals surface area contributed by atoms with Crippen LogP contribution in [0.15, 0.2) is 36.2 Å². The van der Waals surface area contributed by atoms with Crippen LogP contribution < -0.4 is 16.8 Å². The number of rotatable bonds is 4. The van der Waals surface area contributed by atoms with E-state index in [4.69, 9.17) is 3.95 Å². The zero-order chi connectivity index (χ0) is 13.6. The van der Waals surface area contributed by atoms with E-state index in [2.05, 4.69) is 36.5 Å². The zero-order valence-corrected chi connectivity index (χ0v) is 9.35. The summed E-state index contributed by atoms with van der Waals surface area (Å²) in [5, 5.41) is 2.62. The molecule has 0 aromatic heterocycles. The molecule has 0 unspecified atom stereocenters. The summed E-state index contributed by atoms with van der Waals surface area (Å²) >= 11 is 0.935. The molecule has 0 heterocycles. The van der Waals surface area contributed by atoms with Gasteiger partial charge in [0.25, 0.3) is 0 Å². The highest BCUT2D eigenvalue weighted by molar-refractivity contribution is 7.84. The fourth-order valence-electron chi connectivity index (χ4n) is 0. The van der Waals surface area contributed by atoms with Crippen LogP contribution in [0.2, 0.25) is 2.82 Å². The van der Waals surface area contributed by atoms with Crippen LogP contribution in [0.1, 0.15) is 13.8 Å². The third-order valence-corrected chi connectivity index (χ3v) is 0.302. The van der Waals surface area contributed by atoms with Gasteiger partial charge in [-0.2, -0.15) is 0 Å². The molecule has 0 atom stereocenters. The maximum absolute atomic E-state index is 6.47. The van der Waals surface area contributed by atoms with E-state index in [0.717, 1.165) is 17.4 Å². The van der Waals surface area contributed by atoms with Crippen LogP contribution in [-0.4, -0.2) is 8.17 Å². The normalized spacial score (nSPS) is 9.00. The van der Waals surface area contributed by atoms with Crippen molar-refractivity contribution in [3.05, 3.63) is 36.2 Å². The van der Waals surface area contributed by atoms with Crippen LogP contribution >= 0.6 is 12.5 Å². The SMILES string of the molecule is [2H]NC(=C)C.[2H]NC(=C)NC.[2H]SC(=C)C. The summed E-state index contributed by atoms with van der Waals surface area (Å²) in [5.74, 6) is 0.509. The number of allylic oxidation sites excluding steroid dienone is 2. The van der Waals surface area contributed by atoms with Crippen LogP contribution in [-0.2, 0) is 0 Å². The van der Waals surface area contributed by atoms with Gasteiger partial charge in [0.15, 0.2) is 2.82 Å². The van der Waals surface area contributed by atoms with E-state index in [1.807, 2.05) is 0 Å². The summed E-state index contributed by atoms with van der Waals surface area (Å²) in [4.78, 5) is 0.838. The molecule has 78 valence electrons. The van der Waals surface area contributed by atoms with Gasteiger partial charge in [-0.3, -0.25) is 0 Å². The maximum Gasteiger partial charge on any atom is 0.158 e. The van der Waals surface area contributed by atoms with E-state index in [-0.39, 0.29) is 0 Å². The summed E-state index contributed by atoms with van der Waals surface area (Å²) < 4.78 is 19.2. The number of nitrogens with one attached hydrogen (secondary N) is 1. The zero-order valence-electron chi connectivity index (χ0n) is 11.5. The molecule has 3 nitrogen and oxygen atoms in total. The molecule has 0 bridgehead atoms. The Morgan fingerprint density at radius 1 is 1.38 bits per heavy atom. The fourth-order valence-corrected chi connectivity index (χ4v) is 0. The first-order valence-electron chi connectivity index (χ1n) is 4.92. The van der Waals surface area contributed by atoms with Crippen molar-refractivity contribution in [1.29, 1.82) is 1.12 Å². The van der Waals surface area contributed by atoms with Crippen LogP contribution in [0.3, 0.4) is 0 Å². The molecule has 4 heteroatoms. The monoisotopic (exact) mass is 206 g/mol. The summed E-state index contributed by atoms with van der Waals surface area (Å²) in [6.07, 6.45) is 0. The Bertz CT molecular complexity index is 190. The molecule has 0 aliphatic heterocycles. The van der Waals surface area contributed by atoms with Crippen molar-refractivity contribution in [2.24, 2.45) is 11.5 Å². The van der Waals surface area contributed by atoms with E-state index in [9.17, 15) is 0 Å². The number of hydrogen-bond acceptors (Lipinski definition) is 4. The highest BCUT2D eigenvalue weighted by Crippen LogP contribution is 1.86. The average molecular weight is 206 g/mol. The van der Waals surface area contributed by atoms with Gasteiger partial charge in [0.2, 0.25) is 0 Å². The standard InChI is InChI=1S/C3H8N2.C3H7N.C3H6S/c1-3(4)5-2;2*1-3(2)4/h5H,1,4H2,2H3;1,4H2,2H3;4H,1H2,2H3/i/hD3. The minimum Gasteiger partial charge on any atom is -0.403 e. The molecule has 0 aromatic carbocycles. The van der Waals surface area contributed by atoms with Crippen LogP contribution in [0.4, 0.5) is 0 Å². The van der Waals surface area contributed by atoms with Crippen molar-refractivity contribution in [3.8, 4) is 0 Å². The van der Waals surface area contributed by atoms with Gasteiger partial charge < -0.3 is 16.8 Å². The first-order valence-corrected chi connectivity index (χ1v) is 3.92. The second kappa shape index (κ2) is 13.6. The summed E-state index contributed by atoms with van der Waals surface area (Å²) in [5.41, 5.74) is 4.81. The second-order valence-electron chi connectivity index (χ2n) is 2.21. The van der Waals surface area contributed by atoms with Crippen molar-refractivity contribution in [3.63, 3.8) is 0 Å². The average Bonchev–Trinajstić information content (AvgIpc) is 2.29. The number of thiol groups is 1. The molecule has 0 radical (unpaired) electrons. The quantitative estimate of drug-likeness (QED) is 0.528. The van der Waals surface area contributed by atoms with Gasteiger partial charge in [0, 0.05) is 7.05 Å². The second-order valence-corrected chi connectivity index (χ2v) is 2.91. The molecule has 0 fully saturated rings. The molecule has 0 aromatic rings. The van der Waals surface area contributed by atoms with Crippen LogP contribution in [0.5, 0.6) is 0 Å². The van der Waals surface area contributed by atoms with Gasteiger partial charge in [0.1, 0.15) is 1.12 Å². The topological polar surface area (TPSA) is 64.1 Å². The summed E-state index contributed by atoms with van der Waals surface area (Å²) in [6.45, 7) is 13.7. The minimum atomic E-state index is 0.509. The molecule has 0 rings (SSSR count). The lowest BCUT2D eigenvalue weighted by molar-refractivity contribution is 0.974. The van der Waals surface area contributed by atoms with Crippen molar-refractivity contribution < 1.29 is 2.82 Å². The van der Waals surface area contributed by atoms with Crippen molar-refractivity contribution in [2.75, 3.05) is 7.05 Å². The van der Waals surface area contributed by atoms with E-state index < -0.39 is 0 Å². The molecule has 5 N–H and O–H groups in total. The van der Waals surface area contributed by atoms with Crippen LogP contribution in [0, 0.1) is 0 Å². The Labute approximate surface area is 91.0 Å². The van der Waals surface area contributed by atoms with Gasteiger partial charge in [-0.25, -0.2) is 0 Å². The first kappa shape index (κ1) is 10.1. The Morgan fingerprint density at radius 2 is 1.77 bits per heavy atom. The van der Waals surface area contributed by atoms with E-state index in [0.29, 0.717) is 11.5 Å². The molecule has 0 aliphatic rings. The molecule has 0 spiro atoms. The third kappa shape index (κ3) is 938. The molecule has 0 saturated carbocycles. The molecule has 0 aliphatic carbocycles. The molecular weight excluding hydrogens is 182 g/mol. The summed E-state index contributed by atoms with van der Waals surface area (Å²) in [7, 11) is 1.70. The highest BCUT2D eigenvalue weighted by Gasteiger charge is 1.62. The molecule has 0 amide bonds. The van der Waals surface area contributed by atoms with E-state index in [1.165, 1.54) is 0 Å². The Kier molecular flexibility index (Phi) is 10.5. The Balaban J connectivity index is -0.000000160. The fraction of sp³-hybridized carbons (Fsp3) is 0.333. The molecule has 0 saturated heterocycles. The summed E-state index contributed by atoms with van der Waals surface area (Å²) in [6, 6.07) is 0. The number of hydrogen-bond donors (Lipinski definition) is 4. The third-order valence-electron chi connectivity index (χ3n) is 0.302. The predicted octanol–water partition coefficient (Wildman–Crippen LogP) is 1.56. The maximum atomic E-state index is 6.47. The predicted molar refractivity (Wildman–Crippen MR) is 65.2 cm³/mol. The minimum absolute atomic E-state index is 0.509. The Hall–Kier alpha value is -1.03. The van der Waals surface area contributed by atoms with E-state index in [1.54, 1.807) is 20.9 Å². The largest absolute Gasteiger partial charge is 0.403 e. The van der Waals surface area contributed by atoms with Gasteiger partial charge in [-0.05, 0) is 24.4 Å². The first-order chi connectivity index (χ1) is 7.35. The van der Waals surface area contributed by atoms with Gasteiger partial charge in [-0.15, -0.1) is 12.5 Å².